The van der Waals surface area contributed by atoms with Gasteiger partial charge < -0.3 is 0 Å². The van der Waals surface area contributed by atoms with Gasteiger partial charge in [-0.15, -0.1) is 0 Å². The van der Waals surface area contributed by atoms with Gasteiger partial charge in [0, 0.05) is 25.4 Å². The number of fused-ring (bicyclic) bond motifs is 1. The van der Waals surface area contributed by atoms with Crippen molar-refractivity contribution in [1.29, 1.82) is 0 Å². The van der Waals surface area contributed by atoms with E-state index in [-0.39, 0.29) is 16.7 Å². The van der Waals surface area contributed by atoms with Gasteiger partial charge >= 0.3 is 6.18 Å². The van der Waals surface area contributed by atoms with Crippen LogP contribution in [0.1, 0.15) is 36.7 Å². The minimum atomic E-state index is -4.48. The molecule has 3 heterocycles. The summed E-state index contributed by atoms with van der Waals surface area (Å²) in [5.74, 6) is 0. The van der Waals surface area contributed by atoms with Crippen LogP contribution in [-0.2, 0) is 19.8 Å². The molecule has 0 unspecified atom stereocenters. The summed E-state index contributed by atoms with van der Waals surface area (Å²) in [6.07, 6.45) is -1.04. The molecule has 0 N–H and O–H groups in total. The average molecular weight is 351 g/mol. The Kier molecular flexibility index (Phi) is 4.30. The Hall–Kier alpha value is -2.38. The number of alkyl halides is 3. The zero-order valence-corrected chi connectivity index (χ0v) is 14.6. The molecular formula is C17H20F3N5. The molecule has 0 bridgehead atoms. The number of rotatable bonds is 4. The summed E-state index contributed by atoms with van der Waals surface area (Å²) in [7, 11) is 1.73. The molecule has 0 atom stereocenters. The van der Waals surface area contributed by atoms with Gasteiger partial charge in [0.25, 0.3) is 0 Å². The van der Waals surface area contributed by atoms with Crippen molar-refractivity contribution in [2.24, 2.45) is 7.05 Å². The number of aromatic nitrogens is 5. The fourth-order valence-corrected chi connectivity index (χ4v) is 3.03. The molecule has 0 spiro atoms. The Morgan fingerprint density at radius 2 is 1.84 bits per heavy atom. The van der Waals surface area contributed by atoms with Crippen LogP contribution in [0.15, 0.2) is 12.3 Å². The van der Waals surface area contributed by atoms with E-state index in [2.05, 4.69) is 15.2 Å². The first-order chi connectivity index (χ1) is 11.7. The second-order valence-corrected chi connectivity index (χ2v) is 6.22. The quantitative estimate of drug-likeness (QED) is 0.705. The van der Waals surface area contributed by atoms with E-state index in [1.807, 2.05) is 6.92 Å². The Labute approximate surface area is 143 Å². The molecule has 0 amide bonds. The summed E-state index contributed by atoms with van der Waals surface area (Å²) in [5, 5.41) is 8.58. The zero-order valence-electron chi connectivity index (χ0n) is 14.6. The van der Waals surface area contributed by atoms with Crippen molar-refractivity contribution < 1.29 is 13.2 Å². The first-order valence-electron chi connectivity index (χ1n) is 8.18. The Morgan fingerprint density at radius 1 is 1.12 bits per heavy atom. The highest BCUT2D eigenvalue weighted by Gasteiger charge is 2.35. The molecule has 0 aromatic carbocycles. The highest BCUT2D eigenvalue weighted by atomic mass is 19.4. The lowest BCUT2D eigenvalue weighted by atomic mass is 10.1. The minimum Gasteiger partial charge on any atom is -0.275 e. The first kappa shape index (κ1) is 17.4. The fourth-order valence-electron chi connectivity index (χ4n) is 3.03. The molecular weight excluding hydrogens is 331 g/mol. The molecule has 0 saturated heterocycles. The molecule has 0 fully saturated rings. The monoisotopic (exact) mass is 351 g/mol. The lowest BCUT2D eigenvalue weighted by Crippen LogP contribution is -2.08. The molecule has 0 aliphatic carbocycles. The molecule has 3 aromatic rings. The van der Waals surface area contributed by atoms with Gasteiger partial charge in [-0.1, -0.05) is 13.3 Å². The number of nitrogens with zero attached hydrogens (tertiary/aromatic N) is 5. The van der Waals surface area contributed by atoms with E-state index in [4.69, 9.17) is 0 Å². The normalized spacial score (nSPS) is 12.3. The van der Waals surface area contributed by atoms with Crippen LogP contribution in [0.25, 0.3) is 22.3 Å². The van der Waals surface area contributed by atoms with Crippen LogP contribution in [0.2, 0.25) is 0 Å². The number of unbranched alkanes of at least 4 members (excludes halogenated alkanes) is 1. The molecule has 3 rings (SSSR count). The molecule has 134 valence electrons. The van der Waals surface area contributed by atoms with Gasteiger partial charge in [0.05, 0.1) is 28.0 Å². The number of hydrogen-bond acceptors (Lipinski definition) is 3. The second-order valence-electron chi connectivity index (χ2n) is 6.22. The fraction of sp³-hybridized carbons (Fsp3) is 0.471. The first-order valence-corrected chi connectivity index (χ1v) is 8.18. The summed E-state index contributed by atoms with van der Waals surface area (Å²) in [6, 6.07) is 1.10. The van der Waals surface area contributed by atoms with Crippen molar-refractivity contribution in [1.82, 2.24) is 24.5 Å². The Balaban J connectivity index is 2.31. The summed E-state index contributed by atoms with van der Waals surface area (Å²) >= 11 is 0. The van der Waals surface area contributed by atoms with Crippen molar-refractivity contribution >= 4 is 11.0 Å². The Morgan fingerprint density at radius 3 is 2.40 bits per heavy atom. The van der Waals surface area contributed by atoms with Crippen LogP contribution < -0.4 is 0 Å². The molecule has 25 heavy (non-hydrogen) atoms. The van der Waals surface area contributed by atoms with Gasteiger partial charge in [0.1, 0.15) is 0 Å². The maximum Gasteiger partial charge on any atom is 0.417 e. The number of halogens is 3. The van der Waals surface area contributed by atoms with Crippen LogP contribution >= 0.6 is 0 Å². The standard InChI is InChI=1S/C17H20F3N5/c1-5-6-7-25-16-15(11(3)23-25)13(17(18,19)20)8-14(21-16)12-9-24(4)22-10(12)2/h8-9H,5-7H2,1-4H3. The van der Waals surface area contributed by atoms with Gasteiger partial charge in [0.2, 0.25) is 0 Å². The predicted molar refractivity (Wildman–Crippen MR) is 89.1 cm³/mol. The maximum atomic E-state index is 13.7. The highest BCUT2D eigenvalue weighted by molar-refractivity contribution is 5.86. The van der Waals surface area contributed by atoms with Crippen LogP contribution in [0, 0.1) is 13.8 Å². The van der Waals surface area contributed by atoms with E-state index < -0.39 is 11.7 Å². The van der Waals surface area contributed by atoms with Crippen molar-refractivity contribution in [2.45, 2.75) is 46.3 Å². The smallest absolute Gasteiger partial charge is 0.275 e. The SMILES string of the molecule is CCCCn1nc(C)c2c(C(F)(F)F)cc(-c3cn(C)nc3C)nc21. The van der Waals surface area contributed by atoms with Crippen molar-refractivity contribution in [3.05, 3.63) is 29.2 Å². The second kappa shape index (κ2) is 6.16. The minimum absolute atomic E-state index is 0.0777. The predicted octanol–water partition coefficient (Wildman–Crippen LogP) is 4.27. The number of hydrogen-bond donors (Lipinski definition) is 0. The summed E-state index contributed by atoms with van der Waals surface area (Å²) in [5.41, 5.74) is 1.42. The van der Waals surface area contributed by atoms with Crippen molar-refractivity contribution in [3.63, 3.8) is 0 Å². The maximum absolute atomic E-state index is 13.7. The third kappa shape index (κ3) is 3.12. The molecule has 0 aliphatic heterocycles. The van der Waals surface area contributed by atoms with E-state index in [1.165, 1.54) is 0 Å². The number of pyridine rings is 1. The summed E-state index contributed by atoms with van der Waals surface area (Å²) in [4.78, 5) is 4.51. The third-order valence-corrected chi connectivity index (χ3v) is 4.20. The van der Waals surface area contributed by atoms with Gasteiger partial charge in [-0.25, -0.2) is 9.67 Å². The van der Waals surface area contributed by atoms with Crippen LogP contribution in [-0.4, -0.2) is 24.5 Å². The summed E-state index contributed by atoms with van der Waals surface area (Å²) in [6.45, 7) is 5.92. The van der Waals surface area contributed by atoms with Crippen LogP contribution in [0.5, 0.6) is 0 Å². The largest absolute Gasteiger partial charge is 0.417 e. The van der Waals surface area contributed by atoms with Gasteiger partial charge in [0.15, 0.2) is 5.65 Å². The van der Waals surface area contributed by atoms with E-state index in [9.17, 15) is 13.2 Å². The Bertz CT molecular complexity index is 921. The van der Waals surface area contributed by atoms with E-state index in [0.717, 1.165) is 18.9 Å². The molecule has 0 aliphatic rings. The molecule has 5 nitrogen and oxygen atoms in total. The van der Waals surface area contributed by atoms with Crippen molar-refractivity contribution in [3.8, 4) is 11.3 Å². The molecule has 3 aromatic heterocycles. The zero-order chi connectivity index (χ0) is 18.4. The molecule has 0 saturated carbocycles. The average Bonchev–Trinajstić information content (AvgIpc) is 3.03. The van der Waals surface area contributed by atoms with E-state index >= 15 is 0 Å². The van der Waals surface area contributed by atoms with Crippen molar-refractivity contribution in [2.75, 3.05) is 0 Å². The number of aryl methyl sites for hydroxylation is 4. The van der Waals surface area contributed by atoms with Crippen LogP contribution in [0.3, 0.4) is 0 Å². The van der Waals surface area contributed by atoms with Gasteiger partial charge in [-0.2, -0.15) is 23.4 Å². The van der Waals surface area contributed by atoms with Gasteiger partial charge in [-0.05, 0) is 26.3 Å². The lowest BCUT2D eigenvalue weighted by Gasteiger charge is -2.11. The highest BCUT2D eigenvalue weighted by Crippen LogP contribution is 2.38. The summed E-state index contributed by atoms with van der Waals surface area (Å²) < 4.78 is 44.2. The third-order valence-electron chi connectivity index (χ3n) is 4.20. The molecule has 0 radical (unpaired) electrons. The lowest BCUT2D eigenvalue weighted by molar-refractivity contribution is -0.136. The molecule has 8 heteroatoms. The van der Waals surface area contributed by atoms with Gasteiger partial charge in [-0.3, -0.25) is 4.68 Å². The van der Waals surface area contributed by atoms with E-state index in [1.54, 1.807) is 36.5 Å². The topological polar surface area (TPSA) is 48.5 Å². The van der Waals surface area contributed by atoms with Crippen LogP contribution in [0.4, 0.5) is 13.2 Å². The van der Waals surface area contributed by atoms with E-state index in [0.29, 0.717) is 23.5 Å².